The van der Waals surface area contributed by atoms with Crippen LogP contribution in [0.5, 0.6) is 0 Å². The van der Waals surface area contributed by atoms with Gasteiger partial charge in [0.2, 0.25) is 0 Å². The van der Waals surface area contributed by atoms with E-state index < -0.39 is 4.92 Å². The number of nitrogens with one attached hydrogen (secondary N) is 1. The normalized spacial score (nSPS) is 9.09. The molecule has 0 amide bonds. The Bertz CT molecular complexity index is 135. The molecule has 0 unspecified atom stereocenters. The first-order valence-corrected chi connectivity index (χ1v) is 3.50. The summed E-state index contributed by atoms with van der Waals surface area (Å²) in [5, 5.41) is 13.0. The summed E-state index contributed by atoms with van der Waals surface area (Å²) in [4.78, 5) is 9.32. The molecule has 2 N–H and O–H groups in total. The van der Waals surface area contributed by atoms with E-state index in [9.17, 15) is 10.1 Å². The molecule has 0 spiro atoms. The number of nitro groups is 1. The van der Waals surface area contributed by atoms with Gasteiger partial charge in [-0.15, -0.1) is 11.8 Å². The minimum atomic E-state index is -0.484. The van der Waals surface area contributed by atoms with E-state index in [4.69, 9.17) is 0 Å². The zero-order valence-corrected chi connectivity index (χ0v) is 9.51. The van der Waals surface area contributed by atoms with Crippen LogP contribution in [0.4, 0.5) is 0 Å². The smallest absolute Gasteiger partial charge is 0.870 e. The van der Waals surface area contributed by atoms with Crippen LogP contribution in [-0.4, -0.2) is 23.7 Å². The van der Waals surface area contributed by atoms with Crippen molar-refractivity contribution in [3.63, 3.8) is 0 Å². The van der Waals surface area contributed by atoms with E-state index >= 15 is 0 Å². The second kappa shape index (κ2) is 10.2. The molecule has 0 fully saturated rings. The molecule has 0 aliphatic carbocycles. The summed E-state index contributed by atoms with van der Waals surface area (Å²) in [6, 6.07) is 0. The Morgan fingerprint density at radius 3 is 2.27 bits per heavy atom. The largest absolute Gasteiger partial charge is 1.00 e. The van der Waals surface area contributed by atoms with Crippen LogP contribution < -0.4 is 34.9 Å². The van der Waals surface area contributed by atoms with Gasteiger partial charge in [0, 0.05) is 7.05 Å². The molecule has 0 saturated heterocycles. The Hall–Kier alpha value is 0.250. The van der Waals surface area contributed by atoms with Crippen molar-refractivity contribution in [2.75, 3.05) is 13.3 Å². The zero-order valence-electron chi connectivity index (χ0n) is 6.70. The summed E-state index contributed by atoms with van der Waals surface area (Å²) in [6.07, 6.45) is 2.70. The first kappa shape index (κ1) is 17.4. The van der Waals surface area contributed by atoms with E-state index in [2.05, 4.69) is 5.32 Å². The van der Waals surface area contributed by atoms with Gasteiger partial charge in [-0.3, -0.25) is 10.1 Å². The van der Waals surface area contributed by atoms with Gasteiger partial charge in [0.05, 0.1) is 4.92 Å². The third-order valence-corrected chi connectivity index (χ3v) is 1.44. The fraction of sp³-hybridized carbons (Fsp3) is 0.500. The Morgan fingerprint density at radius 2 is 2.18 bits per heavy atom. The molecular weight excluding hydrogens is 179 g/mol. The van der Waals surface area contributed by atoms with Crippen LogP contribution >= 0.6 is 11.8 Å². The summed E-state index contributed by atoms with van der Waals surface area (Å²) in [5.74, 6) is 0. The number of rotatable bonds is 3. The molecule has 11 heavy (non-hydrogen) atoms. The minimum Gasteiger partial charge on any atom is -0.870 e. The molecule has 0 aromatic carbocycles. The van der Waals surface area contributed by atoms with Gasteiger partial charge >= 0.3 is 29.6 Å². The zero-order chi connectivity index (χ0) is 7.28. The molecule has 0 saturated carbocycles. The molecule has 0 rings (SSSR count). The van der Waals surface area contributed by atoms with Crippen LogP contribution in [0, 0.1) is 10.1 Å². The van der Waals surface area contributed by atoms with Crippen molar-refractivity contribution in [3.8, 4) is 0 Å². The van der Waals surface area contributed by atoms with Crippen LogP contribution in [0.1, 0.15) is 0 Å². The average Bonchev–Trinajstić information content (AvgIpc) is 1.82. The predicted octanol–water partition coefficient (Wildman–Crippen LogP) is -2.53. The van der Waals surface area contributed by atoms with Gasteiger partial charge in [-0.05, 0) is 6.26 Å². The van der Waals surface area contributed by atoms with Gasteiger partial charge in [0.15, 0.2) is 0 Å². The predicted molar refractivity (Wildman–Crippen MR) is 39.6 cm³/mol. The Kier molecular flexibility index (Phi) is 16.2. The summed E-state index contributed by atoms with van der Waals surface area (Å²) in [7, 11) is 1.64. The topological polar surface area (TPSA) is 85.2 Å². The molecule has 0 aromatic heterocycles. The monoisotopic (exact) mass is 188 g/mol. The number of hydrogen-bond acceptors (Lipinski definition) is 5. The van der Waals surface area contributed by atoms with Crippen molar-refractivity contribution in [1.82, 2.24) is 5.32 Å². The Labute approximate surface area is 91.4 Å². The SMILES string of the molecule is CNC(=C[N+](=O)[O-])SC.[Na+].[OH-]. The van der Waals surface area contributed by atoms with Crippen molar-refractivity contribution in [3.05, 3.63) is 21.3 Å². The maximum Gasteiger partial charge on any atom is 1.00 e. The van der Waals surface area contributed by atoms with E-state index in [0.717, 1.165) is 6.20 Å². The molecule has 7 heteroatoms. The third kappa shape index (κ3) is 10.2. The summed E-state index contributed by atoms with van der Waals surface area (Å²) >= 11 is 1.31. The van der Waals surface area contributed by atoms with Crippen molar-refractivity contribution < 1.29 is 40.0 Å². The van der Waals surface area contributed by atoms with Crippen molar-refractivity contribution in [2.24, 2.45) is 0 Å². The molecule has 0 radical (unpaired) electrons. The van der Waals surface area contributed by atoms with E-state index in [0.29, 0.717) is 5.03 Å². The fourth-order valence-electron chi connectivity index (χ4n) is 0.315. The van der Waals surface area contributed by atoms with Gasteiger partial charge in [-0.1, -0.05) is 0 Å². The fourth-order valence-corrected chi connectivity index (χ4v) is 0.711. The first-order chi connectivity index (χ1) is 4.20. The second-order valence-electron chi connectivity index (χ2n) is 1.23. The molecule has 0 aromatic rings. The van der Waals surface area contributed by atoms with Crippen molar-refractivity contribution in [2.45, 2.75) is 0 Å². The molecule has 0 bridgehead atoms. The molecule has 0 aliphatic rings. The van der Waals surface area contributed by atoms with E-state index in [1.807, 2.05) is 0 Å². The van der Waals surface area contributed by atoms with Crippen LogP contribution in [0.25, 0.3) is 0 Å². The summed E-state index contributed by atoms with van der Waals surface area (Å²) < 4.78 is 0. The molecule has 0 atom stereocenters. The van der Waals surface area contributed by atoms with E-state index in [1.165, 1.54) is 11.8 Å². The van der Waals surface area contributed by atoms with Crippen LogP contribution in [0.15, 0.2) is 11.2 Å². The van der Waals surface area contributed by atoms with Gasteiger partial charge in [0.1, 0.15) is 5.03 Å². The van der Waals surface area contributed by atoms with Crippen molar-refractivity contribution >= 4 is 11.8 Å². The molecular formula is C4H9N2NaO3S. The van der Waals surface area contributed by atoms with Gasteiger partial charge in [-0.25, -0.2) is 0 Å². The average molecular weight is 188 g/mol. The van der Waals surface area contributed by atoms with Gasteiger partial charge in [-0.2, -0.15) is 0 Å². The van der Waals surface area contributed by atoms with Gasteiger partial charge < -0.3 is 10.8 Å². The Balaban J connectivity index is -0.000000320. The molecule has 0 aliphatic heterocycles. The number of hydrogen-bond donors (Lipinski definition) is 1. The van der Waals surface area contributed by atoms with Crippen molar-refractivity contribution in [1.29, 1.82) is 0 Å². The van der Waals surface area contributed by atoms with Crippen LogP contribution in [0.3, 0.4) is 0 Å². The maximum atomic E-state index is 9.80. The molecule has 5 nitrogen and oxygen atoms in total. The van der Waals surface area contributed by atoms with E-state index in [1.54, 1.807) is 13.3 Å². The van der Waals surface area contributed by atoms with Crippen LogP contribution in [-0.2, 0) is 0 Å². The molecule has 0 heterocycles. The van der Waals surface area contributed by atoms with Gasteiger partial charge in [0.25, 0.3) is 6.20 Å². The minimum absolute atomic E-state index is 0. The summed E-state index contributed by atoms with van der Waals surface area (Å²) in [5.41, 5.74) is 0. The standard InChI is InChI=1S/C4H8N2O2S.Na.H2O/c1-5-4(9-2)3-6(7)8;;/h3,5H,1-2H3;;1H2/q;+1;/p-1. The first-order valence-electron chi connectivity index (χ1n) is 2.27. The molecule has 60 valence electrons. The van der Waals surface area contributed by atoms with Crippen LogP contribution in [0.2, 0.25) is 0 Å². The maximum absolute atomic E-state index is 9.80. The number of nitrogens with zero attached hydrogens (tertiary/aromatic N) is 1. The Morgan fingerprint density at radius 1 is 1.73 bits per heavy atom. The third-order valence-electron chi connectivity index (χ3n) is 0.689. The summed E-state index contributed by atoms with van der Waals surface area (Å²) in [6.45, 7) is 0. The second-order valence-corrected chi connectivity index (χ2v) is 2.08. The van der Waals surface area contributed by atoms with E-state index in [-0.39, 0.29) is 35.0 Å². The number of thioether (sulfide) groups is 1. The quantitative estimate of drug-likeness (QED) is 0.300.